The van der Waals surface area contributed by atoms with Crippen molar-refractivity contribution in [3.05, 3.63) is 0 Å². The molecule has 0 radical (unpaired) electrons. The number of primary amides is 1. The van der Waals surface area contributed by atoms with Crippen LogP contribution in [0.5, 0.6) is 0 Å². The van der Waals surface area contributed by atoms with Crippen molar-refractivity contribution in [2.24, 2.45) is 28.9 Å². The largest absolute Gasteiger partial charge is 0.400 e. The van der Waals surface area contributed by atoms with Crippen molar-refractivity contribution in [2.45, 2.75) is 98.2 Å². The number of carbonyl (C=O) groups excluding carboxylic acids is 5. The Morgan fingerprint density at radius 3 is 2.00 bits per heavy atom. The minimum atomic E-state index is -1.07. The molecule has 3 unspecified atom stereocenters. The Hall–Kier alpha value is -2.73. The molecule has 12 nitrogen and oxygen atoms in total. The summed E-state index contributed by atoms with van der Waals surface area (Å²) in [5.41, 5.74) is 5.01. The monoisotopic (exact) mass is 571 g/mol. The molecule has 7 N–H and O–H groups in total. The van der Waals surface area contributed by atoms with Crippen LogP contribution in [0.3, 0.4) is 0 Å². The van der Waals surface area contributed by atoms with Crippen LogP contribution in [0.25, 0.3) is 0 Å². The van der Waals surface area contributed by atoms with Crippen molar-refractivity contribution < 1.29 is 34.2 Å². The molecule has 1 fully saturated rings. The lowest BCUT2D eigenvalue weighted by molar-refractivity contribution is -0.138. The first kappa shape index (κ1) is 37.3. The Labute approximate surface area is 239 Å². The summed E-state index contributed by atoms with van der Waals surface area (Å²) in [5, 5.41) is 25.1. The average molecular weight is 572 g/mol. The molecule has 0 saturated heterocycles. The maximum Gasteiger partial charge on any atom is 0.315 e. The second kappa shape index (κ2) is 17.9. The van der Waals surface area contributed by atoms with E-state index in [1.54, 1.807) is 7.05 Å². The summed E-state index contributed by atoms with van der Waals surface area (Å²) in [6.07, 6.45) is 3.64. The SMILES string of the molecule is CC(C)C(NC(=O)NC(C)C(C)(C)C)C(=O)N(C)C[C@H](CO)CCC(=O)NC(CC1CCC1)C(=O)C(N)=O.CO. The zero-order valence-corrected chi connectivity index (χ0v) is 25.6. The molecular weight excluding hydrogens is 518 g/mol. The van der Waals surface area contributed by atoms with Crippen molar-refractivity contribution in [1.82, 2.24) is 20.9 Å². The van der Waals surface area contributed by atoms with Gasteiger partial charge >= 0.3 is 6.03 Å². The van der Waals surface area contributed by atoms with Gasteiger partial charge in [0.05, 0.1) is 6.04 Å². The highest BCUT2D eigenvalue weighted by Gasteiger charge is 2.32. The molecular formula is C28H53N5O7. The molecule has 0 aromatic heterocycles. The standard InChI is InChI=1S/C27H49N5O6.CH4O/c1-16(2)22(31-26(38)29-17(3)27(4,5)6)25(37)32(7)14-19(15-33)11-12-21(34)30-20(23(35)24(28)36)13-18-9-8-10-18;1-2/h16-20,22,33H,8-15H2,1-7H3,(H2,28,36)(H,30,34)(H2,29,31,38);2H,1H3/t17?,19-,20?,22?;/m1./s1. The maximum atomic E-state index is 13.2. The van der Waals surface area contributed by atoms with Crippen LogP contribution >= 0.6 is 0 Å². The van der Waals surface area contributed by atoms with E-state index in [0.717, 1.165) is 26.4 Å². The first-order valence-electron chi connectivity index (χ1n) is 14.1. The molecule has 12 heteroatoms. The fourth-order valence-corrected chi connectivity index (χ4v) is 4.13. The van der Waals surface area contributed by atoms with Gasteiger partial charge in [-0.1, -0.05) is 53.9 Å². The second-order valence-electron chi connectivity index (χ2n) is 12.1. The molecule has 1 rings (SSSR count). The molecule has 0 aromatic carbocycles. The van der Waals surface area contributed by atoms with Crippen LogP contribution in [0.4, 0.5) is 4.79 Å². The van der Waals surface area contributed by atoms with Gasteiger partial charge in [0.1, 0.15) is 6.04 Å². The quantitative estimate of drug-likeness (QED) is 0.157. The number of aliphatic hydroxyl groups is 2. The fourth-order valence-electron chi connectivity index (χ4n) is 4.13. The van der Waals surface area contributed by atoms with E-state index in [1.165, 1.54) is 4.90 Å². The molecule has 232 valence electrons. The van der Waals surface area contributed by atoms with Crippen LogP contribution in [0.2, 0.25) is 0 Å². The molecule has 1 saturated carbocycles. The van der Waals surface area contributed by atoms with E-state index in [0.29, 0.717) is 6.42 Å². The van der Waals surface area contributed by atoms with E-state index >= 15 is 0 Å². The number of hydrogen-bond acceptors (Lipinski definition) is 7. The molecule has 4 atom stereocenters. The first-order valence-corrected chi connectivity index (χ1v) is 14.1. The Kier molecular flexibility index (Phi) is 16.6. The molecule has 0 spiro atoms. The molecule has 1 aliphatic rings. The smallest absolute Gasteiger partial charge is 0.315 e. The van der Waals surface area contributed by atoms with E-state index in [1.807, 2.05) is 41.5 Å². The number of ketones is 1. The Morgan fingerprint density at radius 1 is 1.00 bits per heavy atom. The minimum absolute atomic E-state index is 0.0133. The van der Waals surface area contributed by atoms with Gasteiger partial charge < -0.3 is 36.8 Å². The number of likely N-dealkylation sites (N-methyl/N-ethyl adjacent to an activating group) is 1. The number of hydrogen-bond donors (Lipinski definition) is 6. The third-order valence-corrected chi connectivity index (χ3v) is 7.50. The van der Waals surface area contributed by atoms with E-state index in [-0.39, 0.29) is 55.2 Å². The van der Waals surface area contributed by atoms with Gasteiger partial charge in [0, 0.05) is 45.7 Å². The van der Waals surface area contributed by atoms with Crippen molar-refractivity contribution in [2.75, 3.05) is 27.3 Å². The number of urea groups is 1. The van der Waals surface area contributed by atoms with Crippen molar-refractivity contribution in [1.29, 1.82) is 0 Å². The molecule has 0 aromatic rings. The van der Waals surface area contributed by atoms with Gasteiger partial charge in [-0.05, 0) is 37.0 Å². The third-order valence-electron chi connectivity index (χ3n) is 7.50. The van der Waals surface area contributed by atoms with Crippen LogP contribution in [0, 0.1) is 23.2 Å². The van der Waals surface area contributed by atoms with Crippen LogP contribution in [-0.2, 0) is 19.2 Å². The van der Waals surface area contributed by atoms with Crippen molar-refractivity contribution in [3.63, 3.8) is 0 Å². The van der Waals surface area contributed by atoms with Gasteiger partial charge in [-0.15, -0.1) is 0 Å². The number of nitrogens with zero attached hydrogens (tertiary/aromatic N) is 1. The molecule has 0 heterocycles. The Morgan fingerprint density at radius 2 is 1.57 bits per heavy atom. The van der Waals surface area contributed by atoms with Crippen molar-refractivity contribution in [3.8, 4) is 0 Å². The normalized spacial score (nSPS) is 16.3. The average Bonchev–Trinajstić information content (AvgIpc) is 2.85. The van der Waals surface area contributed by atoms with Gasteiger partial charge in [-0.25, -0.2) is 4.79 Å². The first-order chi connectivity index (χ1) is 18.6. The van der Waals surface area contributed by atoms with Crippen LogP contribution in [0.15, 0.2) is 0 Å². The van der Waals surface area contributed by atoms with Gasteiger partial charge in [-0.3, -0.25) is 19.2 Å². The summed E-state index contributed by atoms with van der Waals surface area (Å²) in [4.78, 5) is 63.3. The minimum Gasteiger partial charge on any atom is -0.400 e. The Balaban J connectivity index is 0.00000742. The maximum absolute atomic E-state index is 13.2. The molecule has 0 bridgehead atoms. The number of amides is 5. The topological polar surface area (TPSA) is 191 Å². The van der Waals surface area contributed by atoms with E-state index in [2.05, 4.69) is 16.0 Å². The lowest BCUT2D eigenvalue weighted by Crippen LogP contribution is -2.55. The number of nitrogens with one attached hydrogen (secondary N) is 3. The molecule has 0 aliphatic heterocycles. The van der Waals surface area contributed by atoms with E-state index < -0.39 is 41.6 Å². The highest BCUT2D eigenvalue weighted by molar-refractivity contribution is 6.37. The molecule has 40 heavy (non-hydrogen) atoms. The lowest BCUT2D eigenvalue weighted by Gasteiger charge is -2.32. The van der Waals surface area contributed by atoms with Crippen LogP contribution in [0.1, 0.15) is 80.1 Å². The van der Waals surface area contributed by atoms with Gasteiger partial charge in [0.2, 0.25) is 17.6 Å². The van der Waals surface area contributed by atoms with E-state index in [4.69, 9.17) is 10.8 Å². The molecule has 1 aliphatic carbocycles. The van der Waals surface area contributed by atoms with Gasteiger partial charge in [0.25, 0.3) is 5.91 Å². The molecule has 5 amide bonds. The number of Topliss-reactive ketones (excluding diaryl/α,β-unsaturated/α-hetero) is 1. The van der Waals surface area contributed by atoms with Crippen molar-refractivity contribution >= 4 is 29.5 Å². The van der Waals surface area contributed by atoms with Gasteiger partial charge in [0.15, 0.2) is 0 Å². The zero-order valence-electron chi connectivity index (χ0n) is 25.6. The summed E-state index contributed by atoms with van der Waals surface area (Å²) in [6, 6.07) is -2.24. The zero-order chi connectivity index (χ0) is 31.2. The highest BCUT2D eigenvalue weighted by Crippen LogP contribution is 2.30. The fraction of sp³-hybridized carbons (Fsp3) is 0.821. The van der Waals surface area contributed by atoms with E-state index in [9.17, 15) is 29.1 Å². The predicted octanol–water partition coefficient (Wildman–Crippen LogP) is 0.930. The summed E-state index contributed by atoms with van der Waals surface area (Å²) in [6.45, 7) is 11.5. The predicted molar refractivity (Wildman–Crippen MR) is 153 cm³/mol. The number of nitrogens with two attached hydrogens (primary N) is 1. The summed E-state index contributed by atoms with van der Waals surface area (Å²) >= 11 is 0. The summed E-state index contributed by atoms with van der Waals surface area (Å²) in [5.74, 6) is -2.87. The van der Waals surface area contributed by atoms with Gasteiger partial charge in [-0.2, -0.15) is 0 Å². The summed E-state index contributed by atoms with van der Waals surface area (Å²) < 4.78 is 0. The highest BCUT2D eigenvalue weighted by atomic mass is 16.3. The third kappa shape index (κ3) is 13.1. The van der Waals surface area contributed by atoms with Crippen LogP contribution < -0.4 is 21.7 Å². The number of rotatable bonds is 15. The second-order valence-corrected chi connectivity index (χ2v) is 12.1. The lowest BCUT2D eigenvalue weighted by atomic mass is 9.80. The number of aliphatic hydroxyl groups excluding tert-OH is 2. The van der Waals surface area contributed by atoms with Crippen LogP contribution in [-0.4, -0.2) is 90.1 Å². The summed E-state index contributed by atoms with van der Waals surface area (Å²) in [7, 11) is 2.60. The number of carbonyl (C=O) groups is 5. The Bertz CT molecular complexity index is 839.